The van der Waals surface area contributed by atoms with Crippen molar-refractivity contribution < 1.29 is 28.2 Å². The van der Waals surface area contributed by atoms with Gasteiger partial charge in [-0.05, 0) is 48.9 Å². The van der Waals surface area contributed by atoms with Gasteiger partial charge in [0, 0.05) is 0 Å². The van der Waals surface area contributed by atoms with Gasteiger partial charge in [0.1, 0.15) is 11.4 Å². The number of nitrogens with zero attached hydrogens (tertiary/aromatic N) is 1. The Morgan fingerprint density at radius 2 is 1.89 bits per heavy atom. The normalized spacial score (nSPS) is 15.6. The van der Waals surface area contributed by atoms with Gasteiger partial charge in [0.2, 0.25) is 0 Å². The standard InChI is InChI=1S/C20H17FN2O5/c1-3-28-16-8-7-12(10-17(16)27-2)9-15-18(24)22-20(26)23(19(15)25)14-6-4-5-13(21)11-14/h4-11H,3H2,1-2H3,(H,22,24,26)/b15-9+. The molecule has 0 aliphatic carbocycles. The Hall–Kier alpha value is -3.68. The summed E-state index contributed by atoms with van der Waals surface area (Å²) >= 11 is 0. The number of imide groups is 2. The fourth-order valence-electron chi connectivity index (χ4n) is 2.72. The number of carbonyl (C=O) groups excluding carboxylic acids is 3. The van der Waals surface area contributed by atoms with Crippen molar-refractivity contribution in [3.8, 4) is 11.5 Å². The lowest BCUT2D eigenvalue weighted by Crippen LogP contribution is -2.54. The highest BCUT2D eigenvalue weighted by Crippen LogP contribution is 2.30. The van der Waals surface area contributed by atoms with Crippen LogP contribution in [0.3, 0.4) is 0 Å². The molecule has 0 radical (unpaired) electrons. The van der Waals surface area contributed by atoms with Crippen molar-refractivity contribution >= 4 is 29.6 Å². The summed E-state index contributed by atoms with van der Waals surface area (Å²) in [7, 11) is 1.47. The highest BCUT2D eigenvalue weighted by Gasteiger charge is 2.36. The fraction of sp³-hybridized carbons (Fsp3) is 0.150. The molecule has 0 saturated carbocycles. The second-order valence-electron chi connectivity index (χ2n) is 5.78. The molecule has 0 atom stereocenters. The van der Waals surface area contributed by atoms with Crippen molar-refractivity contribution in [1.82, 2.24) is 5.32 Å². The molecule has 144 valence electrons. The maximum atomic E-state index is 13.5. The molecule has 0 spiro atoms. The minimum Gasteiger partial charge on any atom is -0.493 e. The van der Waals surface area contributed by atoms with Crippen LogP contribution in [0.2, 0.25) is 0 Å². The average molecular weight is 384 g/mol. The van der Waals surface area contributed by atoms with Crippen molar-refractivity contribution in [3.63, 3.8) is 0 Å². The number of hydrogen-bond acceptors (Lipinski definition) is 5. The number of anilines is 1. The first kappa shape index (κ1) is 19.1. The molecule has 1 fully saturated rings. The highest BCUT2D eigenvalue weighted by atomic mass is 19.1. The molecule has 1 heterocycles. The molecule has 2 aromatic carbocycles. The highest BCUT2D eigenvalue weighted by molar-refractivity contribution is 6.39. The number of nitrogens with one attached hydrogen (secondary N) is 1. The maximum Gasteiger partial charge on any atom is 0.335 e. The topological polar surface area (TPSA) is 84.9 Å². The van der Waals surface area contributed by atoms with Crippen LogP contribution in [0.5, 0.6) is 11.5 Å². The largest absolute Gasteiger partial charge is 0.493 e. The Labute approximate surface area is 160 Å². The molecule has 1 aliphatic heterocycles. The molecule has 28 heavy (non-hydrogen) atoms. The van der Waals surface area contributed by atoms with Crippen molar-refractivity contribution in [2.75, 3.05) is 18.6 Å². The minimum absolute atomic E-state index is 0.0187. The van der Waals surface area contributed by atoms with Crippen LogP contribution in [0, 0.1) is 5.82 Å². The Morgan fingerprint density at radius 1 is 1.11 bits per heavy atom. The summed E-state index contributed by atoms with van der Waals surface area (Å²) in [4.78, 5) is 37.8. The van der Waals surface area contributed by atoms with Crippen LogP contribution in [0.1, 0.15) is 12.5 Å². The Bertz CT molecular complexity index is 986. The summed E-state index contributed by atoms with van der Waals surface area (Å²) in [6.07, 6.45) is 1.33. The van der Waals surface area contributed by atoms with Gasteiger partial charge in [-0.2, -0.15) is 0 Å². The first-order valence-electron chi connectivity index (χ1n) is 8.42. The number of hydrogen-bond donors (Lipinski definition) is 1. The molecule has 8 heteroatoms. The number of methoxy groups -OCH3 is 1. The summed E-state index contributed by atoms with van der Waals surface area (Å²) in [5.41, 5.74) is 0.243. The second kappa shape index (κ2) is 7.91. The van der Waals surface area contributed by atoms with Gasteiger partial charge in [0.05, 0.1) is 19.4 Å². The van der Waals surface area contributed by atoms with Crippen LogP contribution in [0.4, 0.5) is 14.9 Å². The molecule has 1 N–H and O–H groups in total. The van der Waals surface area contributed by atoms with E-state index in [1.54, 1.807) is 18.2 Å². The summed E-state index contributed by atoms with van der Waals surface area (Å²) < 4.78 is 24.2. The number of benzene rings is 2. The molecule has 0 unspecified atom stereocenters. The van der Waals surface area contributed by atoms with Crippen molar-refractivity contribution in [2.45, 2.75) is 6.92 Å². The number of rotatable bonds is 5. The summed E-state index contributed by atoms with van der Waals surface area (Å²) in [5.74, 6) is -1.36. The molecular weight excluding hydrogens is 367 g/mol. The zero-order chi connectivity index (χ0) is 20.3. The predicted octanol–water partition coefficient (Wildman–Crippen LogP) is 2.90. The third-order valence-corrected chi connectivity index (χ3v) is 3.97. The number of urea groups is 1. The summed E-state index contributed by atoms with van der Waals surface area (Å²) in [5, 5.41) is 2.09. The van der Waals surface area contributed by atoms with Gasteiger partial charge in [0.15, 0.2) is 11.5 Å². The number of ether oxygens (including phenoxy) is 2. The average Bonchev–Trinajstić information content (AvgIpc) is 2.66. The lowest BCUT2D eigenvalue weighted by Gasteiger charge is -2.26. The number of carbonyl (C=O) groups is 3. The van der Waals surface area contributed by atoms with E-state index in [-0.39, 0.29) is 11.3 Å². The van der Waals surface area contributed by atoms with E-state index in [4.69, 9.17) is 9.47 Å². The summed E-state index contributed by atoms with van der Waals surface area (Å²) in [6, 6.07) is 8.92. The van der Waals surface area contributed by atoms with Crippen LogP contribution in [0.15, 0.2) is 48.0 Å². The molecule has 4 amide bonds. The van der Waals surface area contributed by atoms with Crippen molar-refractivity contribution in [1.29, 1.82) is 0 Å². The van der Waals surface area contributed by atoms with Gasteiger partial charge < -0.3 is 9.47 Å². The van der Waals surface area contributed by atoms with E-state index in [1.165, 1.54) is 31.4 Å². The van der Waals surface area contributed by atoms with Crippen LogP contribution in [-0.4, -0.2) is 31.6 Å². The van der Waals surface area contributed by atoms with E-state index in [0.29, 0.717) is 28.6 Å². The first-order valence-corrected chi connectivity index (χ1v) is 8.42. The molecule has 0 aromatic heterocycles. The molecular formula is C20H17FN2O5. The lowest BCUT2D eigenvalue weighted by molar-refractivity contribution is -0.122. The Morgan fingerprint density at radius 3 is 2.57 bits per heavy atom. The third kappa shape index (κ3) is 3.71. The minimum atomic E-state index is -0.943. The molecule has 7 nitrogen and oxygen atoms in total. The fourth-order valence-corrected chi connectivity index (χ4v) is 2.72. The van der Waals surface area contributed by atoms with Gasteiger partial charge in [-0.25, -0.2) is 14.1 Å². The van der Waals surface area contributed by atoms with Gasteiger partial charge in [0.25, 0.3) is 11.8 Å². The second-order valence-corrected chi connectivity index (χ2v) is 5.78. The number of barbiturate groups is 1. The molecule has 3 rings (SSSR count). The third-order valence-electron chi connectivity index (χ3n) is 3.97. The molecule has 1 aliphatic rings. The van der Waals surface area contributed by atoms with E-state index < -0.39 is 23.7 Å². The SMILES string of the molecule is CCOc1ccc(/C=C2\C(=O)NC(=O)N(c3cccc(F)c3)C2=O)cc1OC. The first-order chi connectivity index (χ1) is 13.4. The number of amides is 4. The van der Waals surface area contributed by atoms with Crippen LogP contribution >= 0.6 is 0 Å². The number of halogens is 1. The molecule has 0 bridgehead atoms. The zero-order valence-corrected chi connectivity index (χ0v) is 15.2. The van der Waals surface area contributed by atoms with E-state index in [2.05, 4.69) is 5.32 Å². The van der Waals surface area contributed by atoms with Gasteiger partial charge in [-0.15, -0.1) is 0 Å². The van der Waals surface area contributed by atoms with E-state index >= 15 is 0 Å². The van der Waals surface area contributed by atoms with Gasteiger partial charge in [-0.1, -0.05) is 12.1 Å². The van der Waals surface area contributed by atoms with Gasteiger partial charge >= 0.3 is 6.03 Å². The quantitative estimate of drug-likeness (QED) is 0.633. The van der Waals surface area contributed by atoms with E-state index in [1.807, 2.05) is 6.92 Å². The van der Waals surface area contributed by atoms with Crippen molar-refractivity contribution in [3.05, 3.63) is 59.4 Å². The summed E-state index contributed by atoms with van der Waals surface area (Å²) in [6.45, 7) is 2.28. The van der Waals surface area contributed by atoms with Crippen LogP contribution < -0.4 is 19.7 Å². The zero-order valence-electron chi connectivity index (χ0n) is 15.2. The van der Waals surface area contributed by atoms with E-state index in [0.717, 1.165) is 6.07 Å². The predicted molar refractivity (Wildman–Crippen MR) is 99.6 cm³/mol. The molecule has 1 saturated heterocycles. The smallest absolute Gasteiger partial charge is 0.335 e. The van der Waals surface area contributed by atoms with Gasteiger partial charge in [-0.3, -0.25) is 14.9 Å². The van der Waals surface area contributed by atoms with Crippen LogP contribution in [-0.2, 0) is 9.59 Å². The van der Waals surface area contributed by atoms with Crippen LogP contribution in [0.25, 0.3) is 6.08 Å². The van der Waals surface area contributed by atoms with E-state index in [9.17, 15) is 18.8 Å². The lowest BCUT2D eigenvalue weighted by atomic mass is 10.1. The maximum absolute atomic E-state index is 13.5. The van der Waals surface area contributed by atoms with Crippen molar-refractivity contribution in [2.24, 2.45) is 0 Å². The molecule has 2 aromatic rings. The monoisotopic (exact) mass is 384 g/mol. The Kier molecular flexibility index (Phi) is 5.39. The Balaban J connectivity index is 1.99.